The number of aliphatic hydroxyl groups excluding tert-OH is 1. The van der Waals surface area contributed by atoms with Gasteiger partial charge in [-0.15, -0.1) is 0 Å². The minimum Gasteiger partial charge on any atom is -0.396 e. The fourth-order valence-corrected chi connectivity index (χ4v) is 5.08. The van der Waals surface area contributed by atoms with Crippen LogP contribution in [0.25, 0.3) is 0 Å². The first-order valence-corrected chi connectivity index (χ1v) is 10.1. The monoisotopic (exact) mass is 385 g/mol. The first kappa shape index (κ1) is 19.0. The number of benzene rings is 1. The van der Waals surface area contributed by atoms with Gasteiger partial charge in [-0.25, -0.2) is 8.42 Å². The summed E-state index contributed by atoms with van der Waals surface area (Å²) in [6.45, 7) is 2.28. The predicted octanol–water partition coefficient (Wildman–Crippen LogP) is 0.824. The van der Waals surface area contributed by atoms with Crippen LogP contribution in [0.3, 0.4) is 0 Å². The third-order valence-electron chi connectivity index (χ3n) is 4.86. The van der Waals surface area contributed by atoms with Gasteiger partial charge in [0.2, 0.25) is 10.0 Å². The molecule has 1 aromatic carbocycles. The summed E-state index contributed by atoms with van der Waals surface area (Å²) < 4.78 is 32.8. The van der Waals surface area contributed by atoms with Crippen LogP contribution in [-0.4, -0.2) is 68.8 Å². The molecule has 2 aliphatic heterocycles. The molecule has 9 nitrogen and oxygen atoms in total. The van der Waals surface area contributed by atoms with Gasteiger partial charge < -0.3 is 14.7 Å². The molecule has 0 spiro atoms. The van der Waals surface area contributed by atoms with Crippen molar-refractivity contribution in [3.8, 4) is 0 Å². The molecule has 10 heteroatoms. The van der Waals surface area contributed by atoms with Gasteiger partial charge in [0.05, 0.1) is 23.8 Å². The lowest BCUT2D eigenvalue weighted by molar-refractivity contribution is -0.385. The number of nitrogens with zero attached hydrogens (tertiary/aromatic N) is 3. The van der Waals surface area contributed by atoms with Crippen molar-refractivity contribution < 1.29 is 23.2 Å². The predicted molar refractivity (Wildman–Crippen MR) is 94.7 cm³/mol. The Hall–Kier alpha value is -1.75. The van der Waals surface area contributed by atoms with Crippen LogP contribution >= 0.6 is 0 Å². The van der Waals surface area contributed by atoms with E-state index in [9.17, 15) is 23.6 Å². The van der Waals surface area contributed by atoms with Crippen LogP contribution in [-0.2, 0) is 14.8 Å². The molecule has 3 rings (SSSR count). The number of non-ortho nitro benzene ring substituents is 1. The van der Waals surface area contributed by atoms with Crippen LogP contribution < -0.4 is 4.90 Å². The Bertz CT molecular complexity index is 763. The molecule has 0 amide bonds. The van der Waals surface area contributed by atoms with Crippen LogP contribution in [0, 0.1) is 16.0 Å². The molecule has 0 radical (unpaired) electrons. The van der Waals surface area contributed by atoms with Gasteiger partial charge in [-0.1, -0.05) is 0 Å². The smallest absolute Gasteiger partial charge is 0.270 e. The van der Waals surface area contributed by atoms with E-state index in [0.29, 0.717) is 32.0 Å². The summed E-state index contributed by atoms with van der Waals surface area (Å²) in [6.07, 6.45) is 1.71. The largest absolute Gasteiger partial charge is 0.396 e. The van der Waals surface area contributed by atoms with Gasteiger partial charge in [0.25, 0.3) is 5.69 Å². The Morgan fingerprint density at radius 1 is 1.27 bits per heavy atom. The van der Waals surface area contributed by atoms with Crippen molar-refractivity contribution in [3.05, 3.63) is 28.3 Å². The molecule has 0 saturated carbocycles. The molecule has 2 saturated heterocycles. The van der Waals surface area contributed by atoms with E-state index in [4.69, 9.17) is 4.74 Å². The maximum Gasteiger partial charge on any atom is 0.270 e. The zero-order valence-corrected chi connectivity index (χ0v) is 15.2. The zero-order valence-electron chi connectivity index (χ0n) is 14.4. The second-order valence-corrected chi connectivity index (χ2v) is 8.47. The summed E-state index contributed by atoms with van der Waals surface area (Å²) in [4.78, 5) is 12.4. The summed E-state index contributed by atoms with van der Waals surface area (Å²) in [5, 5.41) is 20.6. The molecule has 2 fully saturated rings. The van der Waals surface area contributed by atoms with Gasteiger partial charge in [-0.3, -0.25) is 10.1 Å². The van der Waals surface area contributed by atoms with E-state index < -0.39 is 14.9 Å². The number of morpholine rings is 1. The SMILES string of the molecule is O=[N+]([O-])c1ccc(N2CCCC(CO)C2)c(S(=O)(=O)N2CCOCC2)c1. The summed E-state index contributed by atoms with van der Waals surface area (Å²) in [7, 11) is -3.88. The topological polar surface area (TPSA) is 113 Å². The molecule has 26 heavy (non-hydrogen) atoms. The van der Waals surface area contributed by atoms with E-state index in [1.807, 2.05) is 4.90 Å². The number of anilines is 1. The third kappa shape index (κ3) is 3.83. The molecule has 2 aliphatic rings. The van der Waals surface area contributed by atoms with Crippen molar-refractivity contribution >= 4 is 21.4 Å². The molecule has 1 aromatic rings. The zero-order chi connectivity index (χ0) is 18.7. The first-order chi connectivity index (χ1) is 12.4. The lowest BCUT2D eigenvalue weighted by Crippen LogP contribution is -2.42. The van der Waals surface area contributed by atoms with Crippen molar-refractivity contribution in [2.75, 3.05) is 50.9 Å². The highest BCUT2D eigenvalue weighted by atomic mass is 32.2. The van der Waals surface area contributed by atoms with E-state index in [1.165, 1.54) is 16.4 Å². The summed E-state index contributed by atoms with van der Waals surface area (Å²) in [5.41, 5.74) is 0.205. The standard InChI is InChI=1S/C16H23N3O6S/c20-12-13-2-1-5-17(11-13)15-4-3-14(19(21)22)10-16(15)26(23,24)18-6-8-25-9-7-18/h3-4,10,13,20H,1-2,5-9,11-12H2. The number of sulfonamides is 1. The Labute approximate surface area is 152 Å². The van der Waals surface area contributed by atoms with Crippen LogP contribution in [0.2, 0.25) is 0 Å². The minimum atomic E-state index is -3.88. The second-order valence-electron chi connectivity index (χ2n) is 6.56. The molecular formula is C16H23N3O6S. The molecular weight excluding hydrogens is 362 g/mol. The van der Waals surface area contributed by atoms with Crippen molar-refractivity contribution in [1.82, 2.24) is 4.31 Å². The maximum absolute atomic E-state index is 13.1. The number of aliphatic hydroxyl groups is 1. The molecule has 144 valence electrons. The number of ether oxygens (including phenoxy) is 1. The summed E-state index contributed by atoms with van der Waals surface area (Å²) >= 11 is 0. The van der Waals surface area contributed by atoms with Crippen molar-refractivity contribution in [1.29, 1.82) is 0 Å². The lowest BCUT2D eigenvalue weighted by atomic mass is 9.98. The maximum atomic E-state index is 13.1. The third-order valence-corrected chi connectivity index (χ3v) is 6.79. The quantitative estimate of drug-likeness (QED) is 0.590. The Balaban J connectivity index is 2.03. The van der Waals surface area contributed by atoms with Crippen LogP contribution in [0.5, 0.6) is 0 Å². The van der Waals surface area contributed by atoms with Crippen molar-refractivity contribution in [2.45, 2.75) is 17.7 Å². The fraction of sp³-hybridized carbons (Fsp3) is 0.625. The van der Waals surface area contributed by atoms with E-state index in [-0.39, 0.29) is 36.2 Å². The summed E-state index contributed by atoms with van der Waals surface area (Å²) in [6, 6.07) is 3.98. The molecule has 0 aliphatic carbocycles. The highest BCUT2D eigenvalue weighted by Gasteiger charge is 2.33. The van der Waals surface area contributed by atoms with Crippen LogP contribution in [0.15, 0.2) is 23.1 Å². The lowest BCUT2D eigenvalue weighted by Gasteiger charge is -2.35. The number of rotatable bonds is 5. The number of hydrogen-bond acceptors (Lipinski definition) is 7. The van der Waals surface area contributed by atoms with Gasteiger partial charge >= 0.3 is 0 Å². The average molecular weight is 385 g/mol. The first-order valence-electron chi connectivity index (χ1n) is 8.65. The molecule has 0 aromatic heterocycles. The minimum absolute atomic E-state index is 0.0367. The Morgan fingerprint density at radius 3 is 2.65 bits per heavy atom. The molecule has 1 atom stereocenters. The van der Waals surface area contributed by atoms with Gasteiger partial charge in [0.15, 0.2) is 0 Å². The van der Waals surface area contributed by atoms with E-state index >= 15 is 0 Å². The van der Waals surface area contributed by atoms with Crippen molar-refractivity contribution in [2.24, 2.45) is 5.92 Å². The van der Waals surface area contributed by atoms with Crippen LogP contribution in [0.1, 0.15) is 12.8 Å². The van der Waals surface area contributed by atoms with Gasteiger partial charge in [0.1, 0.15) is 4.90 Å². The van der Waals surface area contributed by atoms with Crippen LogP contribution in [0.4, 0.5) is 11.4 Å². The normalized spacial score (nSPS) is 22.3. The van der Waals surface area contributed by atoms with Crippen molar-refractivity contribution in [3.63, 3.8) is 0 Å². The number of nitro groups is 1. The number of hydrogen-bond donors (Lipinski definition) is 1. The molecule has 0 bridgehead atoms. The second kappa shape index (κ2) is 7.87. The van der Waals surface area contributed by atoms with Gasteiger partial charge in [-0.2, -0.15) is 4.31 Å². The highest BCUT2D eigenvalue weighted by Crippen LogP contribution is 2.34. The Morgan fingerprint density at radius 2 is 2.00 bits per heavy atom. The number of piperidine rings is 1. The van der Waals surface area contributed by atoms with E-state index in [2.05, 4.69) is 0 Å². The molecule has 1 unspecified atom stereocenters. The highest BCUT2D eigenvalue weighted by molar-refractivity contribution is 7.89. The van der Waals surface area contributed by atoms with Gasteiger partial charge in [-0.05, 0) is 24.8 Å². The Kier molecular flexibility index (Phi) is 5.76. The van der Waals surface area contributed by atoms with E-state index in [0.717, 1.165) is 18.9 Å². The fourth-order valence-electron chi connectivity index (χ4n) is 3.44. The average Bonchev–Trinajstić information content (AvgIpc) is 2.68. The summed E-state index contributed by atoms with van der Waals surface area (Å²) in [5.74, 6) is 0.0675. The molecule has 1 N–H and O–H groups in total. The number of nitro benzene ring substituents is 1. The molecule has 2 heterocycles. The van der Waals surface area contributed by atoms with E-state index in [1.54, 1.807) is 0 Å². The van der Waals surface area contributed by atoms with Gasteiger partial charge in [0, 0.05) is 44.9 Å².